The third kappa shape index (κ3) is 3.62. The standard InChI is InChI=1S/C20H32O5/c1-13(11-17(22)23)7-9-19(3)14(2)8-10-20(12-21)15(18(24)25)5-4-6-16(19)20/h5,13-14,16,21H,4,6-12H2,1-3H3,(H,22,23)(H,24,25)/t13-,14-,16-,19+,20-/m1/s1. The first-order valence-electron chi connectivity index (χ1n) is 9.44. The van der Waals surface area contributed by atoms with Crippen LogP contribution in [0.1, 0.15) is 65.7 Å². The molecule has 1 fully saturated rings. The second kappa shape index (κ2) is 7.48. The van der Waals surface area contributed by atoms with E-state index < -0.39 is 17.4 Å². The molecule has 5 heteroatoms. The maximum atomic E-state index is 11.8. The van der Waals surface area contributed by atoms with Gasteiger partial charge in [-0.1, -0.05) is 26.8 Å². The summed E-state index contributed by atoms with van der Waals surface area (Å²) < 4.78 is 0. The van der Waals surface area contributed by atoms with Crippen molar-refractivity contribution in [3.05, 3.63) is 11.6 Å². The fourth-order valence-corrected chi connectivity index (χ4v) is 5.43. The van der Waals surface area contributed by atoms with Crippen LogP contribution in [-0.4, -0.2) is 33.9 Å². The molecule has 0 saturated heterocycles. The van der Waals surface area contributed by atoms with E-state index in [1.807, 2.05) is 6.92 Å². The summed E-state index contributed by atoms with van der Waals surface area (Å²) in [6, 6.07) is 0. The molecule has 2 aliphatic carbocycles. The Morgan fingerprint density at radius 2 is 2.00 bits per heavy atom. The van der Waals surface area contributed by atoms with Crippen molar-refractivity contribution in [2.24, 2.45) is 28.6 Å². The molecule has 0 spiro atoms. The van der Waals surface area contributed by atoms with Crippen molar-refractivity contribution < 1.29 is 24.9 Å². The van der Waals surface area contributed by atoms with E-state index in [4.69, 9.17) is 5.11 Å². The van der Waals surface area contributed by atoms with Gasteiger partial charge in [0.05, 0.1) is 6.61 Å². The first-order valence-corrected chi connectivity index (χ1v) is 9.44. The molecule has 2 rings (SSSR count). The molecule has 2 aliphatic rings. The van der Waals surface area contributed by atoms with Gasteiger partial charge in [0.2, 0.25) is 0 Å². The summed E-state index contributed by atoms with van der Waals surface area (Å²) in [6.07, 6.45) is 6.91. The van der Waals surface area contributed by atoms with Gasteiger partial charge in [0.1, 0.15) is 0 Å². The summed E-state index contributed by atoms with van der Waals surface area (Å²) in [5.74, 6) is -1.02. The van der Waals surface area contributed by atoms with Gasteiger partial charge in [0.25, 0.3) is 0 Å². The average Bonchev–Trinajstić information content (AvgIpc) is 2.55. The van der Waals surface area contributed by atoms with E-state index >= 15 is 0 Å². The molecule has 0 aromatic rings. The normalized spacial score (nSPS) is 36.2. The molecule has 0 aliphatic heterocycles. The molecule has 0 amide bonds. The van der Waals surface area contributed by atoms with Crippen LogP contribution < -0.4 is 0 Å². The lowest BCUT2D eigenvalue weighted by atomic mass is 9.46. The van der Waals surface area contributed by atoms with Crippen molar-refractivity contribution in [3.63, 3.8) is 0 Å². The molecule has 1 saturated carbocycles. The molecule has 25 heavy (non-hydrogen) atoms. The first kappa shape index (κ1) is 20.0. The fraction of sp³-hybridized carbons (Fsp3) is 0.800. The minimum absolute atomic E-state index is 0.0807. The number of aliphatic hydroxyl groups is 1. The van der Waals surface area contributed by atoms with E-state index in [0.717, 1.165) is 32.1 Å². The van der Waals surface area contributed by atoms with Gasteiger partial charge in [-0.25, -0.2) is 4.79 Å². The zero-order valence-electron chi connectivity index (χ0n) is 15.6. The first-order chi connectivity index (χ1) is 11.7. The third-order valence-electron chi connectivity index (χ3n) is 7.16. The van der Waals surface area contributed by atoms with Gasteiger partial charge in [0.15, 0.2) is 0 Å². The minimum Gasteiger partial charge on any atom is -0.481 e. The lowest BCUT2D eigenvalue weighted by molar-refractivity contribution is -0.141. The van der Waals surface area contributed by atoms with Crippen molar-refractivity contribution in [2.75, 3.05) is 6.61 Å². The van der Waals surface area contributed by atoms with E-state index in [1.165, 1.54) is 0 Å². The highest BCUT2D eigenvalue weighted by Gasteiger charge is 2.57. The zero-order valence-corrected chi connectivity index (χ0v) is 15.6. The van der Waals surface area contributed by atoms with E-state index in [-0.39, 0.29) is 30.3 Å². The van der Waals surface area contributed by atoms with Crippen LogP contribution in [0.2, 0.25) is 0 Å². The summed E-state index contributed by atoms with van der Waals surface area (Å²) in [5, 5.41) is 28.9. The van der Waals surface area contributed by atoms with E-state index in [0.29, 0.717) is 17.9 Å². The monoisotopic (exact) mass is 352 g/mol. The highest BCUT2D eigenvalue weighted by Crippen LogP contribution is 2.62. The Morgan fingerprint density at radius 3 is 2.56 bits per heavy atom. The van der Waals surface area contributed by atoms with E-state index in [2.05, 4.69) is 13.8 Å². The maximum absolute atomic E-state index is 11.8. The van der Waals surface area contributed by atoms with Gasteiger partial charge < -0.3 is 15.3 Å². The summed E-state index contributed by atoms with van der Waals surface area (Å²) in [6.45, 7) is 6.29. The van der Waals surface area contributed by atoms with Gasteiger partial charge >= 0.3 is 11.9 Å². The maximum Gasteiger partial charge on any atom is 0.331 e. The molecule has 0 heterocycles. The Morgan fingerprint density at radius 1 is 1.32 bits per heavy atom. The summed E-state index contributed by atoms with van der Waals surface area (Å²) in [4.78, 5) is 22.8. The number of aliphatic carboxylic acids is 2. The molecule has 0 aromatic carbocycles. The van der Waals surface area contributed by atoms with Crippen LogP contribution in [0.25, 0.3) is 0 Å². The Bertz CT molecular complexity index is 554. The molecule has 0 aromatic heterocycles. The average molecular weight is 352 g/mol. The van der Waals surface area contributed by atoms with Crippen molar-refractivity contribution in [2.45, 2.75) is 65.7 Å². The van der Waals surface area contributed by atoms with Gasteiger partial charge in [-0.2, -0.15) is 0 Å². The minimum atomic E-state index is -0.908. The largest absolute Gasteiger partial charge is 0.481 e. The van der Waals surface area contributed by atoms with E-state index in [9.17, 15) is 19.8 Å². The highest BCUT2D eigenvalue weighted by molar-refractivity contribution is 5.88. The Kier molecular flexibility index (Phi) is 5.97. The number of hydrogen-bond acceptors (Lipinski definition) is 3. The van der Waals surface area contributed by atoms with Crippen LogP contribution in [-0.2, 0) is 9.59 Å². The van der Waals surface area contributed by atoms with Crippen molar-refractivity contribution in [1.82, 2.24) is 0 Å². The summed E-state index contributed by atoms with van der Waals surface area (Å²) in [7, 11) is 0. The van der Waals surface area contributed by atoms with Gasteiger partial charge in [-0.3, -0.25) is 4.79 Å². The number of allylic oxidation sites excluding steroid dienone is 1. The highest BCUT2D eigenvalue weighted by atomic mass is 16.4. The predicted molar refractivity (Wildman–Crippen MR) is 95.1 cm³/mol. The van der Waals surface area contributed by atoms with Crippen LogP contribution >= 0.6 is 0 Å². The van der Waals surface area contributed by atoms with Crippen LogP contribution in [0.3, 0.4) is 0 Å². The number of carbonyl (C=O) groups is 2. The smallest absolute Gasteiger partial charge is 0.331 e. The summed E-state index contributed by atoms with van der Waals surface area (Å²) >= 11 is 0. The van der Waals surface area contributed by atoms with Crippen LogP contribution in [0.15, 0.2) is 11.6 Å². The Balaban J connectivity index is 2.29. The lowest BCUT2D eigenvalue weighted by Crippen LogP contribution is -2.54. The SMILES string of the molecule is C[C@H](CC[C@@]1(C)[C@H](C)CC[C@@]2(CO)C(C(=O)O)=CCC[C@@H]21)CC(=O)O. The van der Waals surface area contributed by atoms with Crippen molar-refractivity contribution >= 4 is 11.9 Å². The molecule has 142 valence electrons. The van der Waals surface area contributed by atoms with Crippen LogP contribution in [0.4, 0.5) is 0 Å². The molecule has 0 unspecified atom stereocenters. The third-order valence-corrected chi connectivity index (χ3v) is 7.16. The number of carboxylic acid groups (broad SMARTS) is 2. The van der Waals surface area contributed by atoms with Crippen LogP contribution in [0, 0.1) is 28.6 Å². The van der Waals surface area contributed by atoms with Crippen LogP contribution in [0.5, 0.6) is 0 Å². The van der Waals surface area contributed by atoms with Gasteiger partial charge in [-0.15, -0.1) is 0 Å². The Hall–Kier alpha value is -1.36. The number of rotatable bonds is 7. The van der Waals surface area contributed by atoms with Crippen molar-refractivity contribution in [1.29, 1.82) is 0 Å². The number of carboxylic acids is 2. The van der Waals surface area contributed by atoms with Crippen molar-refractivity contribution in [3.8, 4) is 0 Å². The molecular formula is C20H32O5. The number of aliphatic hydroxyl groups excluding tert-OH is 1. The van der Waals surface area contributed by atoms with E-state index in [1.54, 1.807) is 6.08 Å². The second-order valence-electron chi connectivity index (χ2n) is 8.55. The molecule has 0 radical (unpaired) electrons. The topological polar surface area (TPSA) is 94.8 Å². The molecule has 0 bridgehead atoms. The zero-order chi connectivity index (χ0) is 18.8. The van der Waals surface area contributed by atoms with Gasteiger partial charge in [-0.05, 0) is 61.7 Å². The van der Waals surface area contributed by atoms with Gasteiger partial charge in [0, 0.05) is 17.4 Å². The molecular weight excluding hydrogens is 320 g/mol. The molecule has 5 nitrogen and oxygen atoms in total. The quantitative estimate of drug-likeness (QED) is 0.649. The number of hydrogen-bond donors (Lipinski definition) is 3. The summed E-state index contributed by atoms with van der Waals surface area (Å²) in [5.41, 5.74) is -0.340. The molecule has 5 atom stereocenters. The Labute approximate surface area is 150 Å². The fourth-order valence-electron chi connectivity index (χ4n) is 5.43. The predicted octanol–water partition coefficient (Wildman–Crippen LogP) is 3.71. The lowest BCUT2D eigenvalue weighted by Gasteiger charge is -2.58. The number of fused-ring (bicyclic) bond motifs is 1. The second-order valence-corrected chi connectivity index (χ2v) is 8.55. The molecule has 3 N–H and O–H groups in total.